The van der Waals surface area contributed by atoms with Crippen LogP contribution >= 0.6 is 11.3 Å². The van der Waals surface area contributed by atoms with Gasteiger partial charge < -0.3 is 9.84 Å². The minimum atomic E-state index is -3.71. The van der Waals surface area contributed by atoms with Crippen molar-refractivity contribution in [3.63, 3.8) is 0 Å². The van der Waals surface area contributed by atoms with Crippen LogP contribution in [0.3, 0.4) is 0 Å². The molecule has 1 N–H and O–H groups in total. The molecule has 2 fully saturated rings. The van der Waals surface area contributed by atoms with E-state index in [-0.39, 0.29) is 16.7 Å². The summed E-state index contributed by atoms with van der Waals surface area (Å²) >= 11 is 1.14. The van der Waals surface area contributed by atoms with Crippen LogP contribution in [0, 0.1) is 12.8 Å². The van der Waals surface area contributed by atoms with Crippen molar-refractivity contribution < 1.29 is 17.7 Å². The van der Waals surface area contributed by atoms with Crippen LogP contribution in [0.5, 0.6) is 0 Å². The van der Waals surface area contributed by atoms with Crippen LogP contribution in [0.1, 0.15) is 49.5 Å². The summed E-state index contributed by atoms with van der Waals surface area (Å²) < 4.78 is 33.6. The average molecular weight is 487 g/mol. The van der Waals surface area contributed by atoms with Gasteiger partial charge in [0.15, 0.2) is 0 Å². The van der Waals surface area contributed by atoms with Gasteiger partial charge in [0.1, 0.15) is 4.21 Å². The highest BCUT2D eigenvalue weighted by molar-refractivity contribution is 7.91. The molecule has 0 unspecified atom stereocenters. The van der Waals surface area contributed by atoms with E-state index in [1.165, 1.54) is 10.7 Å². The summed E-state index contributed by atoms with van der Waals surface area (Å²) in [6.45, 7) is 2.55. The van der Waals surface area contributed by atoms with Crippen molar-refractivity contribution in [3.05, 3.63) is 47.2 Å². The van der Waals surface area contributed by atoms with Crippen LogP contribution in [0.15, 0.2) is 44.4 Å². The summed E-state index contributed by atoms with van der Waals surface area (Å²) in [4.78, 5) is 17.2. The third-order valence-corrected chi connectivity index (χ3v) is 9.68. The number of nitrogens with zero attached hydrogens (tertiary/aromatic N) is 3. The van der Waals surface area contributed by atoms with Gasteiger partial charge >= 0.3 is 0 Å². The van der Waals surface area contributed by atoms with Gasteiger partial charge in [0.05, 0.1) is 5.92 Å². The fourth-order valence-corrected chi connectivity index (χ4v) is 6.96. The first-order valence-corrected chi connectivity index (χ1v) is 13.5. The number of aryl methyl sites for hydroxylation is 1. The number of anilines is 1. The highest BCUT2D eigenvalue weighted by Gasteiger charge is 2.34. The van der Waals surface area contributed by atoms with Crippen LogP contribution in [0.25, 0.3) is 11.4 Å². The molecule has 10 heteroatoms. The van der Waals surface area contributed by atoms with Gasteiger partial charge in [-0.05, 0) is 50.8 Å². The molecule has 5 rings (SSSR count). The number of sulfonamides is 1. The molecule has 0 bridgehead atoms. The highest BCUT2D eigenvalue weighted by atomic mass is 32.2. The molecule has 3 aromatic rings. The molecular weight excluding hydrogens is 460 g/mol. The van der Waals surface area contributed by atoms with Crippen molar-refractivity contribution in [3.8, 4) is 11.4 Å². The zero-order valence-corrected chi connectivity index (χ0v) is 20.0. The minimum Gasteiger partial charge on any atom is -0.339 e. The van der Waals surface area contributed by atoms with E-state index in [0.717, 1.165) is 35.4 Å². The molecular formula is C23H26N4O4S2. The molecule has 1 aliphatic carbocycles. The van der Waals surface area contributed by atoms with E-state index >= 15 is 0 Å². The Bertz CT molecular complexity index is 1250. The number of nitrogens with one attached hydrogen (secondary N) is 1. The lowest BCUT2D eigenvalue weighted by Gasteiger charge is -2.30. The molecule has 1 atom stereocenters. The molecule has 0 radical (unpaired) electrons. The Labute approximate surface area is 197 Å². The SMILES string of the molecule is Cc1ccc(NC(=O)[C@@H]2CCCN(S(=O)(=O)c3cc(-c4noc(C5CCC5)n4)cs3)C2)cc1. The summed E-state index contributed by atoms with van der Waals surface area (Å²) in [6, 6.07) is 9.17. The van der Waals surface area contributed by atoms with Gasteiger partial charge in [0.2, 0.25) is 17.6 Å². The molecule has 2 aliphatic rings. The topological polar surface area (TPSA) is 105 Å². The number of carbonyl (C=O) groups excluding carboxylic acids is 1. The standard InChI is InChI=1S/C23H26N4O4S2/c1-15-7-9-19(10-8-15)24-22(28)17-6-3-11-27(13-17)33(29,30)20-12-18(14-32-20)21-25-23(31-26-21)16-4-2-5-16/h7-10,12,14,16-17H,2-6,11,13H2,1H3,(H,24,28)/t17-/m1/s1. The van der Waals surface area contributed by atoms with Crippen LogP contribution in [0.2, 0.25) is 0 Å². The van der Waals surface area contributed by atoms with Gasteiger partial charge in [-0.25, -0.2) is 8.42 Å². The summed E-state index contributed by atoms with van der Waals surface area (Å²) in [5, 5.41) is 8.69. The molecule has 2 aromatic heterocycles. The number of piperidine rings is 1. The molecule has 1 saturated heterocycles. The second-order valence-electron chi connectivity index (χ2n) is 8.80. The molecule has 174 valence electrons. The van der Waals surface area contributed by atoms with Crippen molar-refractivity contribution in [2.75, 3.05) is 18.4 Å². The second-order valence-corrected chi connectivity index (χ2v) is 11.9. The fourth-order valence-electron chi connectivity index (χ4n) is 4.13. The first-order valence-electron chi connectivity index (χ1n) is 11.2. The van der Waals surface area contributed by atoms with Crippen molar-refractivity contribution in [1.29, 1.82) is 0 Å². The summed E-state index contributed by atoms with van der Waals surface area (Å²) in [5.74, 6) is 0.829. The number of benzene rings is 1. The fraction of sp³-hybridized carbons (Fsp3) is 0.435. The molecule has 3 heterocycles. The third-order valence-electron chi connectivity index (χ3n) is 6.40. The van der Waals surface area contributed by atoms with Crippen molar-refractivity contribution in [2.45, 2.75) is 49.2 Å². The number of hydrogen-bond donors (Lipinski definition) is 1. The van der Waals surface area contributed by atoms with Crippen LogP contribution in [-0.2, 0) is 14.8 Å². The Hall–Kier alpha value is -2.56. The normalized spacial score (nSPS) is 19.8. The molecule has 33 heavy (non-hydrogen) atoms. The third kappa shape index (κ3) is 4.60. The maximum atomic E-state index is 13.3. The Morgan fingerprint density at radius 2 is 1.97 bits per heavy atom. The number of hydrogen-bond acceptors (Lipinski definition) is 7. The van der Waals surface area contributed by atoms with E-state index in [9.17, 15) is 13.2 Å². The minimum absolute atomic E-state index is 0.152. The smallest absolute Gasteiger partial charge is 0.252 e. The van der Waals surface area contributed by atoms with E-state index in [0.29, 0.717) is 42.6 Å². The number of thiophene rings is 1. The Morgan fingerprint density at radius 1 is 1.18 bits per heavy atom. The first-order chi connectivity index (χ1) is 15.9. The van der Waals surface area contributed by atoms with Gasteiger partial charge in [-0.2, -0.15) is 9.29 Å². The second kappa shape index (κ2) is 9.00. The number of amides is 1. The lowest BCUT2D eigenvalue weighted by molar-refractivity contribution is -0.120. The number of aromatic nitrogens is 2. The van der Waals surface area contributed by atoms with E-state index in [1.54, 1.807) is 11.4 Å². The summed E-state index contributed by atoms with van der Waals surface area (Å²) in [7, 11) is -3.71. The van der Waals surface area contributed by atoms with Gasteiger partial charge in [0.25, 0.3) is 10.0 Å². The predicted molar refractivity (Wildman–Crippen MR) is 125 cm³/mol. The van der Waals surface area contributed by atoms with Crippen LogP contribution in [0.4, 0.5) is 5.69 Å². The Kier molecular flexibility index (Phi) is 6.07. The van der Waals surface area contributed by atoms with Gasteiger partial charge in [-0.15, -0.1) is 11.3 Å². The summed E-state index contributed by atoms with van der Waals surface area (Å²) in [5.41, 5.74) is 2.46. The predicted octanol–water partition coefficient (Wildman–Crippen LogP) is 4.41. The van der Waals surface area contributed by atoms with Gasteiger partial charge in [-0.1, -0.05) is 29.3 Å². The number of carbonyl (C=O) groups is 1. The quantitative estimate of drug-likeness (QED) is 0.553. The zero-order valence-electron chi connectivity index (χ0n) is 18.4. The van der Waals surface area contributed by atoms with E-state index in [4.69, 9.17) is 4.52 Å². The van der Waals surface area contributed by atoms with E-state index in [2.05, 4.69) is 15.5 Å². The van der Waals surface area contributed by atoms with Crippen molar-refractivity contribution >= 4 is 33.0 Å². The molecule has 1 aromatic carbocycles. The van der Waals surface area contributed by atoms with E-state index < -0.39 is 15.9 Å². The Morgan fingerprint density at radius 3 is 2.70 bits per heavy atom. The highest BCUT2D eigenvalue weighted by Crippen LogP contribution is 2.37. The summed E-state index contributed by atoms with van der Waals surface area (Å²) in [6.07, 6.45) is 4.57. The molecule has 1 amide bonds. The maximum absolute atomic E-state index is 13.3. The van der Waals surface area contributed by atoms with Crippen molar-refractivity contribution in [2.24, 2.45) is 5.92 Å². The maximum Gasteiger partial charge on any atom is 0.252 e. The van der Waals surface area contributed by atoms with Gasteiger partial charge in [0, 0.05) is 35.6 Å². The Balaban J connectivity index is 1.27. The zero-order chi connectivity index (χ0) is 23.0. The number of rotatable bonds is 6. The monoisotopic (exact) mass is 486 g/mol. The van der Waals surface area contributed by atoms with Crippen LogP contribution < -0.4 is 5.32 Å². The lowest BCUT2D eigenvalue weighted by atomic mass is 9.85. The first kappa shape index (κ1) is 22.2. The largest absolute Gasteiger partial charge is 0.339 e. The van der Waals surface area contributed by atoms with Crippen LogP contribution in [-0.4, -0.2) is 41.9 Å². The van der Waals surface area contributed by atoms with Gasteiger partial charge in [-0.3, -0.25) is 4.79 Å². The molecule has 0 spiro atoms. The average Bonchev–Trinajstić information content (AvgIpc) is 3.44. The molecule has 1 aliphatic heterocycles. The molecule has 1 saturated carbocycles. The lowest BCUT2D eigenvalue weighted by Crippen LogP contribution is -2.43. The molecule has 8 nitrogen and oxygen atoms in total. The van der Waals surface area contributed by atoms with E-state index in [1.807, 2.05) is 31.2 Å². The van der Waals surface area contributed by atoms with Crippen molar-refractivity contribution in [1.82, 2.24) is 14.4 Å².